The minimum absolute atomic E-state index is 0.0182. The molecule has 3 amide bonds. The molecular formula is C38H77N3O10P2. The summed E-state index contributed by atoms with van der Waals surface area (Å²) in [5.74, 6) is -0.0668. The molecule has 2 unspecified atom stereocenters. The topological polar surface area (TPSA) is 181 Å². The Morgan fingerprint density at radius 2 is 1.11 bits per heavy atom. The van der Waals surface area contributed by atoms with Crippen molar-refractivity contribution in [3.63, 3.8) is 0 Å². The average molecular weight is 798 g/mol. The Morgan fingerprint density at radius 1 is 0.623 bits per heavy atom. The second-order valence-corrected chi connectivity index (χ2v) is 20.2. The van der Waals surface area contributed by atoms with Crippen LogP contribution in [0.3, 0.4) is 0 Å². The second kappa shape index (κ2) is 28.1. The van der Waals surface area contributed by atoms with Crippen LogP contribution < -0.4 is 10.6 Å². The van der Waals surface area contributed by atoms with Gasteiger partial charge in [-0.1, -0.05) is 73.6 Å². The standard InChI is InChI=1S/C38H77N3O10P2/c1-33(2)51-53(47,48)50-31-29-41(36(44)23-12-11-18-27-40-35(43)22-14-16-25-38(6,7)8)28-20-32-52(45,46)49-30-19-10-9-17-26-39-34(42)21-13-15-24-37(3,4)5/h33H,9-32H2,1-8H3,(H,39,42)(H,40,43)(H,45,46)(H,47,48). The lowest BCUT2D eigenvalue weighted by molar-refractivity contribution is -0.132. The first-order chi connectivity index (χ1) is 24.6. The summed E-state index contributed by atoms with van der Waals surface area (Å²) in [6.45, 7) is 17.7. The van der Waals surface area contributed by atoms with E-state index in [1.165, 1.54) is 4.90 Å². The van der Waals surface area contributed by atoms with Crippen molar-refractivity contribution in [1.29, 1.82) is 0 Å². The number of nitrogens with zero attached hydrogens (tertiary/aromatic N) is 1. The Hall–Kier alpha value is -1.33. The van der Waals surface area contributed by atoms with E-state index in [2.05, 4.69) is 52.2 Å². The van der Waals surface area contributed by atoms with E-state index >= 15 is 0 Å². The molecule has 15 heteroatoms. The third-order valence-electron chi connectivity index (χ3n) is 8.42. The summed E-state index contributed by atoms with van der Waals surface area (Å²) in [6, 6.07) is 0. The number of carbonyl (C=O) groups excluding carboxylic acids is 3. The molecule has 0 aliphatic carbocycles. The molecule has 0 fully saturated rings. The zero-order valence-electron chi connectivity index (χ0n) is 34.5. The van der Waals surface area contributed by atoms with E-state index < -0.39 is 21.5 Å². The van der Waals surface area contributed by atoms with Crippen molar-refractivity contribution in [2.45, 2.75) is 171 Å². The van der Waals surface area contributed by atoms with E-state index in [0.717, 1.165) is 70.6 Å². The average Bonchev–Trinajstić information content (AvgIpc) is 3.01. The van der Waals surface area contributed by atoms with Gasteiger partial charge in [0.2, 0.25) is 17.7 Å². The molecule has 0 aromatic heterocycles. The molecule has 2 atom stereocenters. The molecule has 0 aromatic carbocycles. The molecule has 4 N–H and O–H groups in total. The highest BCUT2D eigenvalue weighted by molar-refractivity contribution is 7.52. The number of unbranched alkanes of at least 4 members (excludes halogenated alkanes) is 7. The van der Waals surface area contributed by atoms with Crippen LogP contribution in [0.25, 0.3) is 0 Å². The summed E-state index contributed by atoms with van der Waals surface area (Å²) in [7, 11) is -8.15. The summed E-state index contributed by atoms with van der Waals surface area (Å²) in [6.07, 6.45) is 12.1. The highest BCUT2D eigenvalue weighted by Crippen LogP contribution is 2.44. The maximum atomic E-state index is 13.1. The molecule has 0 rings (SSSR count). The Morgan fingerprint density at radius 3 is 1.62 bits per heavy atom. The number of rotatable bonds is 32. The van der Waals surface area contributed by atoms with Crippen molar-refractivity contribution < 1.29 is 46.9 Å². The van der Waals surface area contributed by atoms with Gasteiger partial charge in [0.1, 0.15) is 0 Å². The van der Waals surface area contributed by atoms with Crippen molar-refractivity contribution in [3.8, 4) is 0 Å². The highest BCUT2D eigenvalue weighted by atomic mass is 31.2. The number of amides is 3. The van der Waals surface area contributed by atoms with Gasteiger partial charge < -0.3 is 29.8 Å². The van der Waals surface area contributed by atoms with Crippen LogP contribution in [0.1, 0.15) is 165 Å². The summed E-state index contributed by atoms with van der Waals surface area (Å²) >= 11 is 0. The molecule has 314 valence electrons. The van der Waals surface area contributed by atoms with E-state index in [1.807, 2.05) is 0 Å². The Balaban J connectivity index is 4.49. The second-order valence-electron chi connectivity index (χ2n) is 16.8. The zero-order chi connectivity index (χ0) is 40.4. The first-order valence-corrected chi connectivity index (χ1v) is 23.3. The number of phosphoric ester groups is 1. The van der Waals surface area contributed by atoms with E-state index in [9.17, 15) is 33.3 Å². The SMILES string of the molecule is CC(C)OP(=O)(O)OCCN(CCCP(=O)(O)OCCCCCCNC(=O)CCCCC(C)(C)C)C(=O)CCCCCNC(=O)CCCCC(C)(C)C. The third-order valence-corrected chi connectivity index (χ3v) is 11.1. The molecule has 53 heavy (non-hydrogen) atoms. The van der Waals surface area contributed by atoms with Gasteiger partial charge in [-0.3, -0.25) is 28.0 Å². The summed E-state index contributed by atoms with van der Waals surface area (Å²) in [4.78, 5) is 58.9. The molecule has 0 heterocycles. The fourth-order valence-corrected chi connectivity index (χ4v) is 7.48. The molecule has 0 spiro atoms. The van der Waals surface area contributed by atoms with Gasteiger partial charge in [-0.15, -0.1) is 0 Å². The fourth-order valence-electron chi connectivity index (χ4n) is 5.49. The maximum absolute atomic E-state index is 13.1. The highest BCUT2D eigenvalue weighted by Gasteiger charge is 2.25. The fraction of sp³-hybridized carbons (Fsp3) is 0.921. The van der Waals surface area contributed by atoms with Gasteiger partial charge in [0, 0.05) is 45.4 Å². The lowest BCUT2D eigenvalue weighted by atomic mass is 9.89. The first kappa shape index (κ1) is 51.7. The van der Waals surface area contributed by atoms with Crippen LogP contribution >= 0.6 is 15.4 Å². The molecule has 13 nitrogen and oxygen atoms in total. The number of hydrogen-bond donors (Lipinski definition) is 4. The van der Waals surface area contributed by atoms with E-state index in [1.54, 1.807) is 13.8 Å². The van der Waals surface area contributed by atoms with Crippen molar-refractivity contribution in [2.75, 3.05) is 45.6 Å². The normalized spacial score (nSPS) is 14.5. The lowest BCUT2D eigenvalue weighted by Gasteiger charge is -2.24. The third kappa shape index (κ3) is 34.9. The molecular weight excluding hydrogens is 720 g/mol. The molecule has 0 bridgehead atoms. The van der Waals surface area contributed by atoms with Crippen LogP contribution in [0.5, 0.6) is 0 Å². The maximum Gasteiger partial charge on any atom is 0.472 e. The zero-order valence-corrected chi connectivity index (χ0v) is 36.3. The molecule has 0 aliphatic rings. The number of carbonyl (C=O) groups is 3. The Labute approximate surface area is 322 Å². The van der Waals surface area contributed by atoms with Gasteiger partial charge in [-0.2, -0.15) is 0 Å². The van der Waals surface area contributed by atoms with E-state index in [-0.39, 0.29) is 73.9 Å². The quantitative estimate of drug-likeness (QED) is 0.0381. The van der Waals surface area contributed by atoms with Crippen LogP contribution in [-0.2, 0) is 37.1 Å². The monoisotopic (exact) mass is 798 g/mol. The predicted octanol–water partition coefficient (Wildman–Crippen LogP) is 8.52. The van der Waals surface area contributed by atoms with Crippen LogP contribution in [-0.4, -0.2) is 84.1 Å². The first-order valence-electron chi connectivity index (χ1n) is 20.0. The van der Waals surface area contributed by atoms with Crippen LogP contribution in [0.15, 0.2) is 0 Å². The van der Waals surface area contributed by atoms with Crippen molar-refractivity contribution in [2.24, 2.45) is 10.8 Å². The lowest BCUT2D eigenvalue weighted by Crippen LogP contribution is -2.35. The summed E-state index contributed by atoms with van der Waals surface area (Å²) in [5.41, 5.74) is 0.556. The minimum atomic E-state index is -4.28. The van der Waals surface area contributed by atoms with E-state index in [0.29, 0.717) is 38.8 Å². The number of phosphoric acid groups is 1. The molecule has 0 radical (unpaired) electrons. The molecule has 0 saturated heterocycles. The summed E-state index contributed by atoms with van der Waals surface area (Å²) in [5, 5.41) is 5.90. The molecule has 0 aromatic rings. The minimum Gasteiger partial charge on any atom is -0.356 e. The molecule has 0 aliphatic heterocycles. The molecule has 0 saturated carbocycles. The van der Waals surface area contributed by atoms with Crippen LogP contribution in [0.2, 0.25) is 0 Å². The summed E-state index contributed by atoms with van der Waals surface area (Å²) < 4.78 is 40.1. The Kier molecular flexibility index (Phi) is 27.4. The van der Waals surface area contributed by atoms with Crippen molar-refractivity contribution in [3.05, 3.63) is 0 Å². The van der Waals surface area contributed by atoms with Gasteiger partial charge in [0.15, 0.2) is 0 Å². The van der Waals surface area contributed by atoms with Gasteiger partial charge in [0.05, 0.1) is 25.5 Å². The Bertz CT molecular complexity index is 1110. The van der Waals surface area contributed by atoms with E-state index in [4.69, 9.17) is 13.6 Å². The number of hydrogen-bond acceptors (Lipinski definition) is 8. The smallest absolute Gasteiger partial charge is 0.356 e. The van der Waals surface area contributed by atoms with Gasteiger partial charge >= 0.3 is 15.4 Å². The van der Waals surface area contributed by atoms with Crippen molar-refractivity contribution >= 4 is 33.1 Å². The van der Waals surface area contributed by atoms with Gasteiger partial charge in [-0.05, 0) is 82.5 Å². The van der Waals surface area contributed by atoms with Gasteiger partial charge in [-0.25, -0.2) is 4.57 Å². The predicted molar refractivity (Wildman–Crippen MR) is 213 cm³/mol. The largest absolute Gasteiger partial charge is 0.472 e. The van der Waals surface area contributed by atoms with Gasteiger partial charge in [0.25, 0.3) is 0 Å². The van der Waals surface area contributed by atoms with Crippen molar-refractivity contribution in [1.82, 2.24) is 15.5 Å². The van der Waals surface area contributed by atoms with Crippen LogP contribution in [0.4, 0.5) is 0 Å². The van der Waals surface area contributed by atoms with Crippen LogP contribution in [0, 0.1) is 10.8 Å². The number of nitrogens with one attached hydrogen (secondary N) is 2.